The SMILES string of the molecule is COc1cc2c(cc1OC)C1C(C(=O)NCCC3=CCCCC3)c3ccccc3C(=O)N1CC2. The van der Waals surface area contributed by atoms with Crippen molar-refractivity contribution in [2.75, 3.05) is 27.3 Å². The zero-order valence-corrected chi connectivity index (χ0v) is 19.9. The van der Waals surface area contributed by atoms with Crippen molar-refractivity contribution in [1.82, 2.24) is 10.2 Å². The van der Waals surface area contributed by atoms with Crippen LogP contribution in [-0.2, 0) is 11.2 Å². The Hall–Kier alpha value is -3.28. The van der Waals surface area contributed by atoms with E-state index in [4.69, 9.17) is 9.47 Å². The van der Waals surface area contributed by atoms with Gasteiger partial charge in [-0.05, 0) is 73.4 Å². The molecular weight excluding hydrogens is 428 g/mol. The molecule has 0 radical (unpaired) electrons. The van der Waals surface area contributed by atoms with Crippen molar-refractivity contribution < 1.29 is 19.1 Å². The molecular formula is C28H32N2O4. The van der Waals surface area contributed by atoms with E-state index >= 15 is 0 Å². The number of amides is 2. The molecule has 178 valence electrons. The summed E-state index contributed by atoms with van der Waals surface area (Å²) in [6.45, 7) is 1.18. The predicted molar refractivity (Wildman–Crippen MR) is 130 cm³/mol. The normalized spacial score (nSPS) is 21.1. The second kappa shape index (κ2) is 9.53. The van der Waals surface area contributed by atoms with E-state index < -0.39 is 5.92 Å². The van der Waals surface area contributed by atoms with Crippen molar-refractivity contribution in [2.24, 2.45) is 0 Å². The van der Waals surface area contributed by atoms with E-state index in [1.807, 2.05) is 41.3 Å². The van der Waals surface area contributed by atoms with Crippen LogP contribution < -0.4 is 14.8 Å². The van der Waals surface area contributed by atoms with Gasteiger partial charge < -0.3 is 19.7 Å². The number of hydrogen-bond acceptors (Lipinski definition) is 4. The Labute approximate surface area is 200 Å². The lowest BCUT2D eigenvalue weighted by atomic mass is 9.75. The molecule has 34 heavy (non-hydrogen) atoms. The molecule has 1 N–H and O–H groups in total. The summed E-state index contributed by atoms with van der Waals surface area (Å²) in [5, 5.41) is 3.20. The van der Waals surface area contributed by atoms with Crippen molar-refractivity contribution in [3.05, 3.63) is 70.3 Å². The number of carbonyl (C=O) groups excluding carboxylic acids is 2. The lowest BCUT2D eigenvalue weighted by molar-refractivity contribution is -0.124. The molecule has 2 aliphatic heterocycles. The number of methoxy groups -OCH3 is 2. The lowest BCUT2D eigenvalue weighted by Gasteiger charge is -2.45. The van der Waals surface area contributed by atoms with Crippen LogP contribution in [0.25, 0.3) is 0 Å². The molecule has 2 aromatic carbocycles. The molecule has 2 unspecified atom stereocenters. The van der Waals surface area contributed by atoms with Crippen LogP contribution in [0.4, 0.5) is 0 Å². The molecule has 0 saturated carbocycles. The zero-order chi connectivity index (χ0) is 23.7. The molecule has 2 heterocycles. The molecule has 6 heteroatoms. The van der Waals surface area contributed by atoms with E-state index in [-0.39, 0.29) is 17.9 Å². The van der Waals surface area contributed by atoms with E-state index in [1.54, 1.807) is 14.2 Å². The fourth-order valence-electron chi connectivity index (χ4n) is 5.72. The number of benzene rings is 2. The molecule has 0 spiro atoms. The summed E-state index contributed by atoms with van der Waals surface area (Å²) in [6, 6.07) is 11.1. The number of carbonyl (C=O) groups is 2. The van der Waals surface area contributed by atoms with Gasteiger partial charge in [0.2, 0.25) is 5.91 Å². The Bertz CT molecular complexity index is 1140. The number of fused-ring (bicyclic) bond motifs is 4. The van der Waals surface area contributed by atoms with Gasteiger partial charge in [-0.2, -0.15) is 0 Å². The van der Waals surface area contributed by atoms with Crippen molar-refractivity contribution in [3.8, 4) is 11.5 Å². The minimum atomic E-state index is -0.480. The number of rotatable bonds is 6. The van der Waals surface area contributed by atoms with E-state index in [0.717, 1.165) is 36.0 Å². The summed E-state index contributed by atoms with van der Waals surface area (Å²) in [6.07, 6.45) is 8.67. The van der Waals surface area contributed by atoms with E-state index in [9.17, 15) is 9.59 Å². The van der Waals surface area contributed by atoms with E-state index in [1.165, 1.54) is 18.4 Å². The molecule has 0 fully saturated rings. The standard InChI is InChI=1S/C28H32N2O4/c1-33-23-16-19-13-15-30-26(22(19)17-24(23)34-2)25(20-10-6-7-11-21(20)28(30)32)27(31)29-14-12-18-8-4-3-5-9-18/h6-8,10-11,16-17,25-26H,3-5,9,12-15H2,1-2H3,(H,29,31). The fraction of sp³-hybridized carbons (Fsp3) is 0.429. The molecule has 2 atom stereocenters. The second-order valence-corrected chi connectivity index (χ2v) is 9.31. The topological polar surface area (TPSA) is 67.9 Å². The summed E-state index contributed by atoms with van der Waals surface area (Å²) >= 11 is 0. The maximum atomic E-state index is 13.7. The van der Waals surface area contributed by atoms with Gasteiger partial charge in [0.15, 0.2) is 11.5 Å². The Morgan fingerprint density at radius 2 is 1.85 bits per heavy atom. The van der Waals surface area contributed by atoms with Crippen molar-refractivity contribution >= 4 is 11.8 Å². The van der Waals surface area contributed by atoms with Gasteiger partial charge in [0.25, 0.3) is 5.91 Å². The number of ether oxygens (including phenoxy) is 2. The molecule has 1 aliphatic carbocycles. The molecule has 3 aliphatic rings. The van der Waals surface area contributed by atoms with Crippen LogP contribution in [0.15, 0.2) is 48.0 Å². The van der Waals surface area contributed by atoms with Gasteiger partial charge in [-0.1, -0.05) is 29.8 Å². The Morgan fingerprint density at radius 3 is 2.62 bits per heavy atom. The van der Waals surface area contributed by atoms with Gasteiger partial charge in [-0.3, -0.25) is 9.59 Å². The maximum Gasteiger partial charge on any atom is 0.254 e. The zero-order valence-electron chi connectivity index (χ0n) is 19.9. The summed E-state index contributed by atoms with van der Waals surface area (Å²) in [5.41, 5.74) is 4.91. The van der Waals surface area contributed by atoms with Crippen molar-refractivity contribution in [2.45, 2.75) is 50.5 Å². The first-order chi connectivity index (χ1) is 16.6. The monoisotopic (exact) mass is 460 g/mol. The average Bonchev–Trinajstić information content (AvgIpc) is 2.88. The average molecular weight is 461 g/mol. The first-order valence-electron chi connectivity index (χ1n) is 12.2. The van der Waals surface area contributed by atoms with E-state index in [2.05, 4.69) is 11.4 Å². The number of nitrogens with zero attached hydrogens (tertiary/aromatic N) is 1. The minimum Gasteiger partial charge on any atom is -0.493 e. The summed E-state index contributed by atoms with van der Waals surface area (Å²) in [4.78, 5) is 29.1. The summed E-state index contributed by atoms with van der Waals surface area (Å²) in [7, 11) is 3.23. The van der Waals surface area contributed by atoms with Crippen molar-refractivity contribution in [3.63, 3.8) is 0 Å². The van der Waals surface area contributed by atoms with Gasteiger partial charge in [-0.25, -0.2) is 0 Å². The highest BCUT2D eigenvalue weighted by molar-refractivity contribution is 6.01. The van der Waals surface area contributed by atoms with Crippen LogP contribution in [0, 0.1) is 0 Å². The number of hydrogen-bond donors (Lipinski definition) is 1. The largest absolute Gasteiger partial charge is 0.493 e. The van der Waals surface area contributed by atoms with Gasteiger partial charge in [0, 0.05) is 18.7 Å². The Balaban J connectivity index is 1.51. The Kier molecular flexibility index (Phi) is 6.31. The molecule has 0 saturated heterocycles. The van der Waals surface area contributed by atoms with Gasteiger partial charge in [0.1, 0.15) is 0 Å². The molecule has 0 aromatic heterocycles. The third-order valence-corrected chi connectivity index (χ3v) is 7.44. The third kappa shape index (κ3) is 3.95. The highest BCUT2D eigenvalue weighted by Crippen LogP contribution is 2.48. The Morgan fingerprint density at radius 1 is 1.06 bits per heavy atom. The van der Waals surface area contributed by atoms with E-state index in [0.29, 0.717) is 36.6 Å². The molecule has 0 bridgehead atoms. The summed E-state index contributed by atoms with van der Waals surface area (Å²) < 4.78 is 11.1. The maximum absolute atomic E-state index is 13.7. The van der Waals surface area contributed by atoms with Gasteiger partial charge in [0.05, 0.1) is 26.2 Å². The number of nitrogens with one attached hydrogen (secondary N) is 1. The quantitative estimate of drug-likeness (QED) is 0.643. The first kappa shape index (κ1) is 22.5. The van der Waals surface area contributed by atoms with Crippen LogP contribution in [-0.4, -0.2) is 44.0 Å². The third-order valence-electron chi connectivity index (χ3n) is 7.44. The highest BCUT2D eigenvalue weighted by atomic mass is 16.5. The smallest absolute Gasteiger partial charge is 0.254 e. The minimum absolute atomic E-state index is 0.0163. The van der Waals surface area contributed by atoms with Gasteiger partial charge >= 0.3 is 0 Å². The van der Waals surface area contributed by atoms with Gasteiger partial charge in [-0.15, -0.1) is 0 Å². The second-order valence-electron chi connectivity index (χ2n) is 9.31. The molecule has 2 amide bonds. The first-order valence-corrected chi connectivity index (χ1v) is 12.2. The lowest BCUT2D eigenvalue weighted by Crippen LogP contribution is -2.50. The van der Waals surface area contributed by atoms with Crippen molar-refractivity contribution in [1.29, 1.82) is 0 Å². The van der Waals surface area contributed by atoms with Crippen LogP contribution in [0.5, 0.6) is 11.5 Å². The van der Waals surface area contributed by atoms with Crippen LogP contribution >= 0.6 is 0 Å². The summed E-state index contributed by atoms with van der Waals surface area (Å²) in [5.74, 6) is 0.745. The number of allylic oxidation sites excluding steroid dienone is 1. The van der Waals surface area contributed by atoms with Crippen LogP contribution in [0.3, 0.4) is 0 Å². The predicted octanol–water partition coefficient (Wildman–Crippen LogP) is 4.55. The molecule has 2 aromatic rings. The molecule has 6 nitrogen and oxygen atoms in total. The van der Waals surface area contributed by atoms with Crippen LogP contribution in [0.1, 0.15) is 71.1 Å². The highest BCUT2D eigenvalue weighted by Gasteiger charge is 2.46. The van der Waals surface area contributed by atoms with Crippen LogP contribution in [0.2, 0.25) is 0 Å². The molecule has 5 rings (SSSR count). The fourth-order valence-corrected chi connectivity index (χ4v) is 5.72.